The molecule has 1 amide bonds. The van der Waals surface area contributed by atoms with Crippen molar-refractivity contribution in [2.45, 2.75) is 257 Å². The van der Waals surface area contributed by atoms with Crippen LogP contribution in [0.1, 0.15) is 245 Å². The van der Waals surface area contributed by atoms with Gasteiger partial charge in [-0.3, -0.25) is 4.79 Å². The van der Waals surface area contributed by atoms with E-state index in [1.807, 2.05) is 6.08 Å². The Morgan fingerprint density at radius 1 is 0.442 bits per heavy atom. The van der Waals surface area contributed by atoms with Crippen LogP contribution < -0.4 is 5.32 Å². The van der Waals surface area contributed by atoms with Crippen molar-refractivity contribution in [2.75, 3.05) is 6.61 Å². The summed E-state index contributed by atoms with van der Waals surface area (Å²) in [6, 6.07) is -0.641. The van der Waals surface area contributed by atoms with Gasteiger partial charge in [0, 0.05) is 6.42 Å². The van der Waals surface area contributed by atoms with Crippen molar-refractivity contribution in [3.8, 4) is 0 Å². The van der Waals surface area contributed by atoms with Gasteiger partial charge in [0.2, 0.25) is 5.91 Å². The van der Waals surface area contributed by atoms with Crippen molar-refractivity contribution in [2.24, 2.45) is 0 Å². The molecule has 0 saturated carbocycles. The zero-order valence-electron chi connectivity index (χ0n) is 35.1. The van der Waals surface area contributed by atoms with Gasteiger partial charge >= 0.3 is 0 Å². The third-order valence-corrected chi connectivity index (χ3v) is 10.6. The van der Waals surface area contributed by atoms with Crippen molar-refractivity contribution >= 4 is 5.91 Å². The number of carbonyl (C=O) groups is 1. The average Bonchev–Trinajstić information content (AvgIpc) is 3.15. The second-order valence-electron chi connectivity index (χ2n) is 15.8. The fraction of sp³-hybridized carbons (Fsp3) is 0.854. The van der Waals surface area contributed by atoms with Gasteiger partial charge in [-0.2, -0.15) is 0 Å². The van der Waals surface area contributed by atoms with Crippen LogP contribution in [0, 0.1) is 0 Å². The molecule has 4 heteroatoms. The minimum atomic E-state index is -0.866. The van der Waals surface area contributed by atoms with Crippen LogP contribution in [-0.2, 0) is 4.79 Å². The summed E-state index contributed by atoms with van der Waals surface area (Å²) in [5.74, 6) is -0.0798. The summed E-state index contributed by atoms with van der Waals surface area (Å²) < 4.78 is 0. The summed E-state index contributed by atoms with van der Waals surface area (Å²) in [5, 5.41) is 22.9. The smallest absolute Gasteiger partial charge is 0.220 e. The van der Waals surface area contributed by atoms with Crippen LogP contribution in [0.2, 0.25) is 0 Å². The highest BCUT2D eigenvalue weighted by Gasteiger charge is 2.17. The van der Waals surface area contributed by atoms with Crippen molar-refractivity contribution in [3.05, 3.63) is 36.5 Å². The molecule has 0 aliphatic rings. The highest BCUT2D eigenvalue weighted by Crippen LogP contribution is 2.16. The summed E-state index contributed by atoms with van der Waals surface area (Å²) in [6.45, 7) is 4.28. The molecule has 0 saturated heterocycles. The largest absolute Gasteiger partial charge is 0.394 e. The Kier molecular flexibility index (Phi) is 42.8. The first-order valence-electron chi connectivity index (χ1n) is 23.2. The van der Waals surface area contributed by atoms with E-state index in [1.165, 1.54) is 186 Å². The van der Waals surface area contributed by atoms with E-state index in [0.717, 1.165) is 38.5 Å². The predicted molar refractivity (Wildman–Crippen MR) is 230 cm³/mol. The Labute approximate surface area is 325 Å². The van der Waals surface area contributed by atoms with E-state index in [2.05, 4.69) is 43.5 Å². The molecule has 0 heterocycles. The molecule has 0 aromatic heterocycles. The first kappa shape index (κ1) is 50.6. The summed E-state index contributed by atoms with van der Waals surface area (Å²) in [4.78, 5) is 12.3. The number of allylic oxidation sites excluding steroid dienone is 5. The van der Waals surface area contributed by atoms with Crippen molar-refractivity contribution in [3.63, 3.8) is 0 Å². The third-order valence-electron chi connectivity index (χ3n) is 10.6. The Morgan fingerprint density at radius 3 is 1.12 bits per heavy atom. The fourth-order valence-electron chi connectivity index (χ4n) is 7.03. The van der Waals surface area contributed by atoms with Crippen molar-refractivity contribution < 1.29 is 15.0 Å². The van der Waals surface area contributed by atoms with Gasteiger partial charge in [0.1, 0.15) is 0 Å². The average molecular weight is 730 g/mol. The molecule has 3 N–H and O–H groups in total. The van der Waals surface area contributed by atoms with Crippen LogP contribution in [0.4, 0.5) is 0 Å². The highest BCUT2D eigenvalue weighted by atomic mass is 16.3. The van der Waals surface area contributed by atoms with E-state index in [4.69, 9.17) is 0 Å². The molecule has 306 valence electrons. The van der Waals surface area contributed by atoms with Crippen LogP contribution in [0.5, 0.6) is 0 Å². The molecule has 0 radical (unpaired) electrons. The van der Waals surface area contributed by atoms with E-state index in [1.54, 1.807) is 6.08 Å². The van der Waals surface area contributed by atoms with Gasteiger partial charge in [-0.15, -0.1) is 0 Å². The van der Waals surface area contributed by atoms with Gasteiger partial charge < -0.3 is 15.5 Å². The summed E-state index contributed by atoms with van der Waals surface area (Å²) in [7, 11) is 0. The molecule has 0 aromatic rings. The minimum absolute atomic E-state index is 0.0798. The number of aliphatic hydroxyl groups is 2. The van der Waals surface area contributed by atoms with E-state index < -0.39 is 12.1 Å². The monoisotopic (exact) mass is 730 g/mol. The zero-order valence-corrected chi connectivity index (χ0v) is 35.1. The van der Waals surface area contributed by atoms with E-state index in [9.17, 15) is 15.0 Å². The lowest BCUT2D eigenvalue weighted by Crippen LogP contribution is -2.45. The number of carbonyl (C=O) groups excluding carboxylic acids is 1. The molecule has 52 heavy (non-hydrogen) atoms. The van der Waals surface area contributed by atoms with Gasteiger partial charge in [0.15, 0.2) is 0 Å². The number of hydrogen-bond acceptors (Lipinski definition) is 3. The zero-order chi connectivity index (χ0) is 37.8. The minimum Gasteiger partial charge on any atom is -0.394 e. The van der Waals surface area contributed by atoms with Crippen molar-refractivity contribution in [1.82, 2.24) is 5.32 Å². The number of aliphatic hydroxyl groups excluding tert-OH is 2. The maximum atomic E-state index is 12.3. The number of unbranched alkanes of at least 4 members (excludes halogenated alkanes) is 31. The summed E-state index contributed by atoms with van der Waals surface area (Å²) in [5.41, 5.74) is 0. The Balaban J connectivity index is 3.53. The number of hydrogen-bond donors (Lipinski definition) is 3. The molecular weight excluding hydrogens is 639 g/mol. The molecule has 0 aliphatic heterocycles. The molecule has 0 fully saturated rings. The number of nitrogens with one attached hydrogen (secondary N) is 1. The lowest BCUT2D eigenvalue weighted by Gasteiger charge is -2.19. The second kappa shape index (κ2) is 44.0. The fourth-order valence-corrected chi connectivity index (χ4v) is 7.03. The molecule has 4 nitrogen and oxygen atoms in total. The molecule has 0 aliphatic carbocycles. The van der Waals surface area contributed by atoms with Gasteiger partial charge in [-0.25, -0.2) is 0 Å². The van der Waals surface area contributed by atoms with E-state index in [0.29, 0.717) is 6.42 Å². The van der Waals surface area contributed by atoms with Gasteiger partial charge in [0.25, 0.3) is 0 Å². The van der Waals surface area contributed by atoms with Crippen molar-refractivity contribution in [1.29, 1.82) is 0 Å². The Hall–Kier alpha value is -1.39. The highest BCUT2D eigenvalue weighted by molar-refractivity contribution is 5.76. The maximum Gasteiger partial charge on any atom is 0.220 e. The molecule has 2 atom stereocenters. The normalized spacial score (nSPS) is 13.2. The SMILES string of the molecule is CCCCCCCCCCCCCCCCCCCCCC/C=C/CC/C=C/CC/C=C/C(O)C(CO)NC(=O)CCCCCCCCCCCC. The van der Waals surface area contributed by atoms with Gasteiger partial charge in [-0.1, -0.05) is 230 Å². The molecular formula is C48H91NO3. The Morgan fingerprint density at radius 2 is 0.750 bits per heavy atom. The predicted octanol–water partition coefficient (Wildman–Crippen LogP) is 14.6. The van der Waals surface area contributed by atoms with Crippen LogP contribution in [0.15, 0.2) is 36.5 Å². The van der Waals surface area contributed by atoms with Crippen LogP contribution in [0.25, 0.3) is 0 Å². The number of amides is 1. The third kappa shape index (κ3) is 39.8. The van der Waals surface area contributed by atoms with Crippen LogP contribution in [-0.4, -0.2) is 34.9 Å². The molecule has 0 spiro atoms. The molecule has 2 unspecified atom stereocenters. The quantitative estimate of drug-likeness (QED) is 0.0433. The van der Waals surface area contributed by atoms with Crippen LogP contribution in [0.3, 0.4) is 0 Å². The molecule has 0 aromatic carbocycles. The lowest BCUT2D eigenvalue weighted by molar-refractivity contribution is -0.123. The second-order valence-corrected chi connectivity index (χ2v) is 15.8. The maximum absolute atomic E-state index is 12.3. The first-order valence-corrected chi connectivity index (χ1v) is 23.2. The topological polar surface area (TPSA) is 69.6 Å². The van der Waals surface area contributed by atoms with Gasteiger partial charge in [-0.05, 0) is 44.9 Å². The van der Waals surface area contributed by atoms with E-state index in [-0.39, 0.29) is 12.5 Å². The van der Waals surface area contributed by atoms with Gasteiger partial charge in [0.05, 0.1) is 18.8 Å². The summed E-state index contributed by atoms with van der Waals surface area (Å²) >= 11 is 0. The van der Waals surface area contributed by atoms with Crippen LogP contribution >= 0.6 is 0 Å². The number of rotatable bonds is 42. The molecule has 0 rings (SSSR count). The molecule has 0 bridgehead atoms. The standard InChI is InChI=1S/C48H91NO3/c1-3-5-7-9-11-13-15-16-17-18-19-20-21-22-23-24-25-26-27-28-29-30-31-32-33-34-35-37-39-41-43-47(51)46(45-50)49-48(52)44-42-40-38-36-14-12-10-8-6-4-2/h30-31,34-35,41,43,46-47,50-51H,3-29,32-33,36-40,42,44-45H2,1-2H3,(H,49,52)/b31-30+,35-34+,43-41+. The first-order chi connectivity index (χ1) is 25.7. The van der Waals surface area contributed by atoms with E-state index >= 15 is 0 Å². The Bertz CT molecular complexity index is 790. The summed E-state index contributed by atoms with van der Waals surface area (Å²) in [6.07, 6.45) is 58.6. The lowest BCUT2D eigenvalue weighted by atomic mass is 10.0.